The molecule has 0 radical (unpaired) electrons. The zero-order valence-electron chi connectivity index (χ0n) is 5.62. The SMILES string of the molecule is NC1(N)C=CC(N)(N)C=C1. The van der Waals surface area contributed by atoms with Crippen LogP contribution in [-0.4, -0.2) is 11.3 Å². The molecule has 0 saturated heterocycles. The van der Waals surface area contributed by atoms with Gasteiger partial charge in [-0.3, -0.25) is 0 Å². The first-order chi connectivity index (χ1) is 4.41. The normalized spacial score (nSPS) is 26.8. The summed E-state index contributed by atoms with van der Waals surface area (Å²) in [5.41, 5.74) is 20.2. The molecule has 0 aromatic carbocycles. The van der Waals surface area contributed by atoms with E-state index >= 15 is 0 Å². The molecular weight excluding hydrogens is 128 g/mol. The molecule has 0 heterocycles. The van der Waals surface area contributed by atoms with Crippen LogP contribution in [0.15, 0.2) is 24.3 Å². The Bertz CT molecular complexity index is 152. The third-order valence-electron chi connectivity index (χ3n) is 1.32. The van der Waals surface area contributed by atoms with E-state index in [9.17, 15) is 0 Å². The van der Waals surface area contributed by atoms with E-state index in [2.05, 4.69) is 0 Å². The molecule has 0 aliphatic heterocycles. The Morgan fingerprint density at radius 2 is 0.800 bits per heavy atom. The lowest BCUT2D eigenvalue weighted by Gasteiger charge is -2.25. The van der Waals surface area contributed by atoms with E-state index in [1.165, 1.54) is 0 Å². The van der Waals surface area contributed by atoms with Crippen molar-refractivity contribution in [2.24, 2.45) is 22.9 Å². The van der Waals surface area contributed by atoms with Gasteiger partial charge in [0.15, 0.2) is 0 Å². The molecule has 0 spiro atoms. The molecule has 0 aromatic rings. The van der Waals surface area contributed by atoms with Gasteiger partial charge in [-0.1, -0.05) is 0 Å². The molecule has 0 bridgehead atoms. The maximum absolute atomic E-state index is 5.49. The summed E-state index contributed by atoms with van der Waals surface area (Å²) in [5.74, 6) is 0. The Hall–Kier alpha value is -0.680. The summed E-state index contributed by atoms with van der Waals surface area (Å²) < 4.78 is 0. The molecule has 0 amide bonds. The second kappa shape index (κ2) is 1.90. The van der Waals surface area contributed by atoms with Gasteiger partial charge in [0.25, 0.3) is 0 Å². The molecule has 1 aliphatic carbocycles. The van der Waals surface area contributed by atoms with Crippen LogP contribution in [0.25, 0.3) is 0 Å². The van der Waals surface area contributed by atoms with Crippen molar-refractivity contribution in [3.8, 4) is 0 Å². The van der Waals surface area contributed by atoms with Gasteiger partial charge in [-0.05, 0) is 24.3 Å². The van der Waals surface area contributed by atoms with E-state index in [0.29, 0.717) is 0 Å². The fourth-order valence-electron chi connectivity index (χ4n) is 0.688. The fourth-order valence-corrected chi connectivity index (χ4v) is 0.688. The molecule has 0 saturated carbocycles. The van der Waals surface area contributed by atoms with Gasteiger partial charge in [-0.15, -0.1) is 0 Å². The number of hydrogen-bond acceptors (Lipinski definition) is 4. The predicted octanol–water partition coefficient (Wildman–Crippen LogP) is -1.66. The van der Waals surface area contributed by atoms with Gasteiger partial charge in [-0.25, -0.2) is 0 Å². The van der Waals surface area contributed by atoms with Gasteiger partial charge in [-0.2, -0.15) is 0 Å². The Kier molecular flexibility index (Phi) is 1.41. The van der Waals surface area contributed by atoms with Gasteiger partial charge in [0.05, 0.1) is 0 Å². The van der Waals surface area contributed by atoms with Crippen LogP contribution in [0.4, 0.5) is 0 Å². The summed E-state index contributed by atoms with van der Waals surface area (Å²) in [6.45, 7) is 0. The monoisotopic (exact) mass is 140 g/mol. The molecule has 0 aromatic heterocycles. The second-order valence-electron chi connectivity index (χ2n) is 2.67. The first-order valence-corrected chi connectivity index (χ1v) is 2.98. The van der Waals surface area contributed by atoms with Crippen molar-refractivity contribution in [2.45, 2.75) is 11.3 Å². The van der Waals surface area contributed by atoms with Crippen LogP contribution < -0.4 is 22.9 Å². The third-order valence-corrected chi connectivity index (χ3v) is 1.32. The highest BCUT2D eigenvalue weighted by Crippen LogP contribution is 2.09. The average Bonchev–Trinajstić information content (AvgIpc) is 1.79. The second-order valence-corrected chi connectivity index (χ2v) is 2.67. The van der Waals surface area contributed by atoms with E-state index in [1.807, 2.05) is 0 Å². The number of rotatable bonds is 0. The molecule has 10 heavy (non-hydrogen) atoms. The Morgan fingerprint density at radius 3 is 1.00 bits per heavy atom. The van der Waals surface area contributed by atoms with Crippen molar-refractivity contribution in [1.29, 1.82) is 0 Å². The summed E-state index contributed by atoms with van der Waals surface area (Å²) >= 11 is 0. The highest BCUT2D eigenvalue weighted by molar-refractivity contribution is 5.29. The lowest BCUT2D eigenvalue weighted by molar-refractivity contribution is 0.611. The zero-order chi connectivity index (χ0) is 7.83. The summed E-state index contributed by atoms with van der Waals surface area (Å²) in [5, 5.41) is 0. The summed E-state index contributed by atoms with van der Waals surface area (Å²) in [4.78, 5) is 0. The zero-order valence-corrected chi connectivity index (χ0v) is 5.62. The maximum Gasteiger partial charge on any atom is 0.102 e. The standard InChI is InChI=1S/C6H12N4/c7-5(8)1-2-6(9,10)4-3-5/h1-4H,7-10H2. The summed E-state index contributed by atoms with van der Waals surface area (Å²) in [6, 6.07) is 0. The average molecular weight is 140 g/mol. The maximum atomic E-state index is 5.49. The highest BCUT2D eigenvalue weighted by atomic mass is 15.0. The van der Waals surface area contributed by atoms with Crippen molar-refractivity contribution in [1.82, 2.24) is 0 Å². The first kappa shape index (κ1) is 7.43. The molecule has 0 unspecified atom stereocenters. The predicted molar refractivity (Wildman–Crippen MR) is 40.5 cm³/mol. The van der Waals surface area contributed by atoms with Gasteiger partial charge in [0, 0.05) is 0 Å². The molecule has 4 heteroatoms. The Balaban J connectivity index is 2.81. The molecule has 8 N–H and O–H groups in total. The highest BCUT2D eigenvalue weighted by Gasteiger charge is 2.21. The van der Waals surface area contributed by atoms with Crippen LogP contribution in [0.5, 0.6) is 0 Å². The largest absolute Gasteiger partial charge is 0.307 e. The molecular formula is C6H12N4. The minimum Gasteiger partial charge on any atom is -0.307 e. The molecule has 1 aliphatic rings. The number of nitrogens with two attached hydrogens (primary N) is 4. The van der Waals surface area contributed by atoms with E-state index in [1.54, 1.807) is 24.3 Å². The van der Waals surface area contributed by atoms with Crippen molar-refractivity contribution in [3.05, 3.63) is 24.3 Å². The minimum absolute atomic E-state index is 0.887. The van der Waals surface area contributed by atoms with Crippen LogP contribution >= 0.6 is 0 Å². The van der Waals surface area contributed by atoms with Gasteiger partial charge < -0.3 is 22.9 Å². The molecule has 0 atom stereocenters. The van der Waals surface area contributed by atoms with Gasteiger partial charge >= 0.3 is 0 Å². The van der Waals surface area contributed by atoms with Crippen LogP contribution in [0.1, 0.15) is 0 Å². The quantitative estimate of drug-likeness (QED) is 0.239. The van der Waals surface area contributed by atoms with E-state index in [4.69, 9.17) is 22.9 Å². The Labute approximate surface area is 59.5 Å². The van der Waals surface area contributed by atoms with Crippen molar-refractivity contribution in [2.75, 3.05) is 0 Å². The lowest BCUT2D eigenvalue weighted by Crippen LogP contribution is -2.53. The smallest absolute Gasteiger partial charge is 0.102 e. The lowest BCUT2D eigenvalue weighted by atomic mass is 9.99. The topological polar surface area (TPSA) is 104 Å². The Morgan fingerprint density at radius 1 is 0.600 bits per heavy atom. The molecule has 56 valence electrons. The van der Waals surface area contributed by atoms with Crippen molar-refractivity contribution < 1.29 is 0 Å². The van der Waals surface area contributed by atoms with Crippen LogP contribution in [0, 0.1) is 0 Å². The first-order valence-electron chi connectivity index (χ1n) is 2.98. The van der Waals surface area contributed by atoms with E-state index in [-0.39, 0.29) is 0 Å². The molecule has 1 rings (SSSR count). The van der Waals surface area contributed by atoms with Crippen LogP contribution in [0.2, 0.25) is 0 Å². The molecule has 0 fully saturated rings. The summed E-state index contributed by atoms with van der Waals surface area (Å²) in [7, 11) is 0. The van der Waals surface area contributed by atoms with Crippen molar-refractivity contribution >= 4 is 0 Å². The third kappa shape index (κ3) is 1.65. The number of hydrogen-bond donors (Lipinski definition) is 4. The summed E-state index contributed by atoms with van der Waals surface area (Å²) in [6.07, 6.45) is 6.31. The van der Waals surface area contributed by atoms with Gasteiger partial charge in [0.1, 0.15) is 11.3 Å². The van der Waals surface area contributed by atoms with Gasteiger partial charge in [0.2, 0.25) is 0 Å². The fraction of sp³-hybridized carbons (Fsp3) is 0.333. The molecule has 4 nitrogen and oxygen atoms in total. The van der Waals surface area contributed by atoms with E-state index in [0.717, 1.165) is 0 Å². The van der Waals surface area contributed by atoms with E-state index < -0.39 is 11.3 Å². The van der Waals surface area contributed by atoms with Crippen molar-refractivity contribution in [3.63, 3.8) is 0 Å². The minimum atomic E-state index is -0.887. The van der Waals surface area contributed by atoms with Crippen LogP contribution in [0.3, 0.4) is 0 Å². The van der Waals surface area contributed by atoms with Crippen LogP contribution in [-0.2, 0) is 0 Å².